The number of hydrogen-bond donors (Lipinski definition) is 1. The first-order chi connectivity index (χ1) is 12.5. The summed E-state index contributed by atoms with van der Waals surface area (Å²) in [4.78, 5) is 19.3. The molecule has 134 valence electrons. The van der Waals surface area contributed by atoms with E-state index in [1.165, 1.54) is 24.3 Å². The molecule has 2 heterocycles. The third-order valence-corrected chi connectivity index (χ3v) is 4.99. The lowest BCUT2D eigenvalue weighted by atomic mass is 9.97. The Hall–Kier alpha value is -2.60. The molecule has 0 atom stereocenters. The second-order valence-corrected chi connectivity index (χ2v) is 6.86. The highest BCUT2D eigenvalue weighted by Crippen LogP contribution is 2.29. The molecule has 0 aliphatic carbocycles. The number of nitrogens with zero attached hydrogens (tertiary/aromatic N) is 2. The summed E-state index contributed by atoms with van der Waals surface area (Å²) in [5, 5.41) is 2.99. The summed E-state index contributed by atoms with van der Waals surface area (Å²) < 4.78 is 26.5. The zero-order valence-electron chi connectivity index (χ0n) is 14.2. The van der Waals surface area contributed by atoms with Crippen LogP contribution in [0.2, 0.25) is 0 Å². The van der Waals surface area contributed by atoms with Gasteiger partial charge in [0.05, 0.1) is 0 Å². The number of likely N-dealkylation sites (tertiary alicyclic amines) is 1. The summed E-state index contributed by atoms with van der Waals surface area (Å²) in [6.45, 7) is 2.29. The fraction of sp³-hybridized carbons (Fsp3) is 0.300. The molecule has 0 unspecified atom stereocenters. The second-order valence-electron chi connectivity index (χ2n) is 6.86. The van der Waals surface area contributed by atoms with E-state index in [0.717, 1.165) is 25.2 Å². The molecule has 0 saturated carbocycles. The van der Waals surface area contributed by atoms with E-state index in [2.05, 4.69) is 15.2 Å². The fourth-order valence-electron chi connectivity index (χ4n) is 3.56. The Kier molecular flexibility index (Phi) is 4.28. The van der Waals surface area contributed by atoms with E-state index in [-0.39, 0.29) is 17.5 Å². The fourth-order valence-corrected chi connectivity index (χ4v) is 3.56. The van der Waals surface area contributed by atoms with Crippen LogP contribution in [-0.4, -0.2) is 35.3 Å². The third kappa shape index (κ3) is 3.37. The minimum Gasteiger partial charge on any atom is -0.326 e. The standard InChI is InChI=1S/C20H19F2N3O/c21-16-6-4-14(5-7-16)13-25-10-8-20(9-11-25)23-18(19(26)24-20)15-2-1-3-17(22)12-15/h1-7,12H,8-11,13H2,(H,24,26). The molecule has 6 heteroatoms. The van der Waals surface area contributed by atoms with Gasteiger partial charge in [-0.15, -0.1) is 0 Å². The number of carbonyl (C=O) groups excluding carboxylic acids is 1. The SMILES string of the molecule is O=C1NC2(CCN(Cc3ccc(F)cc3)CC2)N=C1c1cccc(F)c1. The number of amides is 1. The van der Waals surface area contributed by atoms with Crippen LogP contribution in [0, 0.1) is 11.6 Å². The van der Waals surface area contributed by atoms with Gasteiger partial charge >= 0.3 is 0 Å². The Bertz CT molecular complexity index is 856. The summed E-state index contributed by atoms with van der Waals surface area (Å²) in [5.41, 5.74) is 1.27. The quantitative estimate of drug-likeness (QED) is 0.920. The number of halogens is 2. The van der Waals surface area contributed by atoms with E-state index >= 15 is 0 Å². The van der Waals surface area contributed by atoms with Crippen LogP contribution >= 0.6 is 0 Å². The maximum Gasteiger partial charge on any atom is 0.272 e. The lowest BCUT2D eigenvalue weighted by Gasteiger charge is -2.37. The summed E-state index contributed by atoms with van der Waals surface area (Å²) in [6, 6.07) is 12.5. The van der Waals surface area contributed by atoms with Gasteiger partial charge in [-0.3, -0.25) is 14.7 Å². The van der Waals surface area contributed by atoms with Crippen molar-refractivity contribution < 1.29 is 13.6 Å². The molecule has 1 saturated heterocycles. The average molecular weight is 355 g/mol. The predicted octanol–water partition coefficient (Wildman–Crippen LogP) is 2.88. The van der Waals surface area contributed by atoms with Crippen molar-refractivity contribution in [1.29, 1.82) is 0 Å². The monoisotopic (exact) mass is 355 g/mol. The van der Waals surface area contributed by atoms with Crippen molar-refractivity contribution >= 4 is 11.6 Å². The first-order valence-electron chi connectivity index (χ1n) is 8.68. The molecular weight excluding hydrogens is 336 g/mol. The molecule has 1 spiro atoms. The van der Waals surface area contributed by atoms with Gasteiger partial charge in [0.25, 0.3) is 5.91 Å². The van der Waals surface area contributed by atoms with Crippen LogP contribution in [0.4, 0.5) is 8.78 Å². The molecular formula is C20H19F2N3O. The minimum absolute atomic E-state index is 0.237. The van der Waals surface area contributed by atoms with E-state index in [9.17, 15) is 13.6 Å². The van der Waals surface area contributed by atoms with Crippen molar-refractivity contribution in [2.24, 2.45) is 4.99 Å². The van der Waals surface area contributed by atoms with Crippen LogP contribution in [0.1, 0.15) is 24.0 Å². The number of hydrogen-bond acceptors (Lipinski definition) is 3. The Morgan fingerprint density at radius 2 is 1.77 bits per heavy atom. The molecule has 1 fully saturated rings. The number of benzene rings is 2. The highest BCUT2D eigenvalue weighted by atomic mass is 19.1. The highest BCUT2D eigenvalue weighted by Gasteiger charge is 2.42. The minimum atomic E-state index is -0.599. The molecule has 2 aliphatic rings. The summed E-state index contributed by atoms with van der Waals surface area (Å²) >= 11 is 0. The number of nitrogens with one attached hydrogen (secondary N) is 1. The van der Waals surface area contributed by atoms with Crippen LogP contribution in [0.5, 0.6) is 0 Å². The highest BCUT2D eigenvalue weighted by molar-refractivity contribution is 6.46. The van der Waals surface area contributed by atoms with E-state index in [1.54, 1.807) is 24.3 Å². The van der Waals surface area contributed by atoms with Gasteiger partial charge in [0.1, 0.15) is 23.0 Å². The molecule has 0 aromatic heterocycles. The molecule has 0 bridgehead atoms. The molecule has 26 heavy (non-hydrogen) atoms. The largest absolute Gasteiger partial charge is 0.326 e. The predicted molar refractivity (Wildman–Crippen MR) is 94.7 cm³/mol. The molecule has 4 rings (SSSR count). The van der Waals surface area contributed by atoms with Crippen LogP contribution < -0.4 is 5.32 Å². The van der Waals surface area contributed by atoms with Gasteiger partial charge in [-0.25, -0.2) is 8.78 Å². The topological polar surface area (TPSA) is 44.7 Å². The van der Waals surface area contributed by atoms with E-state index in [0.29, 0.717) is 24.1 Å². The third-order valence-electron chi connectivity index (χ3n) is 4.99. The normalized spacial score (nSPS) is 19.5. The first kappa shape index (κ1) is 16.8. The summed E-state index contributed by atoms with van der Waals surface area (Å²) in [6.07, 6.45) is 1.39. The smallest absolute Gasteiger partial charge is 0.272 e. The molecule has 1 N–H and O–H groups in total. The number of piperidine rings is 1. The Morgan fingerprint density at radius 1 is 1.04 bits per heavy atom. The molecule has 1 amide bonds. The molecule has 0 radical (unpaired) electrons. The molecule has 4 nitrogen and oxygen atoms in total. The summed E-state index contributed by atoms with van der Waals surface area (Å²) in [5.74, 6) is -0.866. The van der Waals surface area contributed by atoms with Gasteiger partial charge in [0.15, 0.2) is 0 Å². The first-order valence-corrected chi connectivity index (χ1v) is 8.68. The van der Waals surface area contributed by atoms with E-state index in [4.69, 9.17) is 0 Å². The van der Waals surface area contributed by atoms with Crippen molar-refractivity contribution in [3.63, 3.8) is 0 Å². The van der Waals surface area contributed by atoms with Gasteiger partial charge in [-0.05, 0) is 29.8 Å². The van der Waals surface area contributed by atoms with Gasteiger partial charge in [0, 0.05) is 38.0 Å². The Balaban J connectivity index is 1.45. The maximum absolute atomic E-state index is 13.4. The maximum atomic E-state index is 13.4. The van der Waals surface area contributed by atoms with Crippen LogP contribution in [0.25, 0.3) is 0 Å². The lowest BCUT2D eigenvalue weighted by molar-refractivity contribution is -0.115. The zero-order valence-corrected chi connectivity index (χ0v) is 14.2. The molecule has 2 aromatic carbocycles. The molecule has 2 aliphatic heterocycles. The van der Waals surface area contributed by atoms with Gasteiger partial charge in [-0.1, -0.05) is 24.3 Å². The van der Waals surface area contributed by atoms with Gasteiger partial charge in [0.2, 0.25) is 0 Å². The average Bonchev–Trinajstić information content (AvgIpc) is 2.95. The lowest BCUT2D eigenvalue weighted by Crippen LogP contribution is -2.50. The van der Waals surface area contributed by atoms with Crippen molar-refractivity contribution in [3.8, 4) is 0 Å². The van der Waals surface area contributed by atoms with Crippen LogP contribution in [0.3, 0.4) is 0 Å². The zero-order chi connectivity index (χ0) is 18.1. The van der Waals surface area contributed by atoms with Crippen molar-refractivity contribution in [2.75, 3.05) is 13.1 Å². The van der Waals surface area contributed by atoms with Gasteiger partial charge < -0.3 is 5.32 Å². The summed E-state index contributed by atoms with van der Waals surface area (Å²) in [7, 11) is 0. The van der Waals surface area contributed by atoms with E-state index < -0.39 is 5.66 Å². The Labute approximate surface area is 150 Å². The van der Waals surface area contributed by atoms with Gasteiger partial charge in [-0.2, -0.15) is 0 Å². The van der Waals surface area contributed by atoms with Crippen molar-refractivity contribution in [1.82, 2.24) is 10.2 Å². The molecule has 2 aromatic rings. The number of carbonyl (C=O) groups is 1. The Morgan fingerprint density at radius 3 is 2.46 bits per heavy atom. The van der Waals surface area contributed by atoms with Crippen LogP contribution in [0.15, 0.2) is 53.5 Å². The van der Waals surface area contributed by atoms with Crippen molar-refractivity contribution in [2.45, 2.75) is 25.0 Å². The van der Waals surface area contributed by atoms with Crippen molar-refractivity contribution in [3.05, 3.63) is 71.3 Å². The second kappa shape index (κ2) is 6.61. The van der Waals surface area contributed by atoms with E-state index in [1.807, 2.05) is 0 Å². The number of rotatable bonds is 3. The van der Waals surface area contributed by atoms with Crippen LogP contribution in [-0.2, 0) is 11.3 Å². The number of aliphatic imine (C=N–C) groups is 1.